The number of rotatable bonds is 14. The van der Waals surface area contributed by atoms with Gasteiger partial charge in [0.1, 0.15) is 6.10 Å². The fourth-order valence-corrected chi connectivity index (χ4v) is 6.94. The third-order valence-electron chi connectivity index (χ3n) is 3.39. The monoisotopic (exact) mass is 646 g/mol. The van der Waals surface area contributed by atoms with Gasteiger partial charge in [-0.2, -0.15) is 0 Å². The van der Waals surface area contributed by atoms with Gasteiger partial charge in [-0.1, -0.05) is 25.8 Å². The molecule has 0 bridgehead atoms. The van der Waals surface area contributed by atoms with E-state index in [1.165, 1.54) is 84.7 Å². The van der Waals surface area contributed by atoms with Gasteiger partial charge in [-0.05, 0) is 18.6 Å². The Morgan fingerprint density at radius 2 is 1.45 bits per heavy atom. The Labute approximate surface area is 209 Å². The van der Waals surface area contributed by atoms with Gasteiger partial charge < -0.3 is 15.3 Å². The number of carbonyl (C=O) groups is 1. The van der Waals surface area contributed by atoms with Gasteiger partial charge >= 0.3 is 122 Å². The molecule has 0 aromatic carbocycles. The van der Waals surface area contributed by atoms with Crippen molar-refractivity contribution in [2.24, 2.45) is 0 Å². The summed E-state index contributed by atoms with van der Waals surface area (Å²) in [5.74, 6) is -1.20. The third-order valence-corrected chi connectivity index (χ3v) is 8.86. The van der Waals surface area contributed by atoms with Crippen molar-refractivity contribution in [3.05, 3.63) is 12.7 Å². The molecule has 7 heteroatoms. The molecule has 0 rings (SSSR count). The number of allylic oxidation sites excluding steroid dienone is 1. The number of aliphatic hydroxyl groups is 2. The van der Waals surface area contributed by atoms with E-state index in [-0.39, 0.29) is 21.1 Å². The van der Waals surface area contributed by atoms with Gasteiger partial charge in [-0.15, -0.1) is 6.58 Å². The standard InChI is InChI=1S/C6H12.C4H6O4S.3C4H9.2Sn.H/c1-3-5-6-4-2;5-2(4(8)9)1-3(6)7;3*1-3-4-2;;;/h3H,1,4-6H2,2H3;2,5H,1H2,(H,6,7)(H,8,9);3*1,3-4H2,2H3;;;. The number of aliphatic carboxylic acids is 1. The Bertz CT molecular complexity index is 335. The first kappa shape index (κ1) is 37.0. The Hall–Kier alpha value is 0.657. The summed E-state index contributed by atoms with van der Waals surface area (Å²) in [6, 6.07) is 0. The Morgan fingerprint density at radius 3 is 1.62 bits per heavy atom. The zero-order valence-electron chi connectivity index (χ0n) is 19.3. The van der Waals surface area contributed by atoms with Crippen LogP contribution in [0.3, 0.4) is 0 Å². The van der Waals surface area contributed by atoms with Crippen LogP contribution in [0.2, 0.25) is 13.3 Å². The Balaban J connectivity index is -0.000000148. The predicted octanol–water partition coefficient (Wildman–Crippen LogP) is 6.30. The van der Waals surface area contributed by atoms with Gasteiger partial charge in [0.15, 0.2) is 5.05 Å². The molecule has 4 radical (unpaired) electrons. The number of hydrogen-bond donors (Lipinski definition) is 3. The number of carboxylic acids is 1. The smallest absolute Gasteiger partial charge is 0.306 e. The minimum absolute atomic E-state index is 0.149. The maximum absolute atomic E-state index is 9.78. The molecule has 0 amide bonds. The van der Waals surface area contributed by atoms with Crippen molar-refractivity contribution in [2.45, 2.75) is 111 Å². The van der Waals surface area contributed by atoms with E-state index >= 15 is 0 Å². The summed E-state index contributed by atoms with van der Waals surface area (Å²) in [5.41, 5.74) is 0. The van der Waals surface area contributed by atoms with Crippen molar-refractivity contribution in [1.82, 2.24) is 0 Å². The second kappa shape index (κ2) is 36.1. The summed E-state index contributed by atoms with van der Waals surface area (Å²) in [6.45, 7) is 12.6. The molecule has 0 aromatic rings. The summed E-state index contributed by atoms with van der Waals surface area (Å²) in [4.78, 5) is 9.78. The average molecular weight is 644 g/mol. The predicted molar refractivity (Wildman–Crippen MR) is 135 cm³/mol. The summed E-state index contributed by atoms with van der Waals surface area (Å²) in [6.07, 6.45) is 12.4. The topological polar surface area (TPSA) is 77.8 Å². The fraction of sp³-hybridized carbons (Fsp3) is 0.818. The molecule has 172 valence electrons. The second-order valence-electron chi connectivity index (χ2n) is 6.48. The van der Waals surface area contributed by atoms with Crippen LogP contribution in [0, 0.1) is 0 Å². The van der Waals surface area contributed by atoms with Crippen LogP contribution in [0.25, 0.3) is 0 Å². The molecule has 0 aliphatic carbocycles. The third kappa shape index (κ3) is 52.7. The number of carboxylic acid groups (broad SMARTS) is 1. The molecule has 0 aliphatic heterocycles. The van der Waals surface area contributed by atoms with Gasteiger partial charge in [0.05, 0.1) is 6.42 Å². The normalized spacial score (nSPS) is 10.1. The van der Waals surface area contributed by atoms with E-state index in [2.05, 4.69) is 46.5 Å². The van der Waals surface area contributed by atoms with Gasteiger partial charge in [0, 0.05) is 0 Å². The molecule has 0 heterocycles. The molecule has 29 heavy (non-hydrogen) atoms. The van der Waals surface area contributed by atoms with Crippen molar-refractivity contribution in [3.8, 4) is 0 Å². The largest absolute Gasteiger partial charge is 0.500 e. The number of aliphatic hydroxyl groups excluding tert-OH is 2. The van der Waals surface area contributed by atoms with E-state index in [9.17, 15) is 4.79 Å². The zero-order valence-corrected chi connectivity index (χ0v) is 26.3. The molecule has 0 aliphatic rings. The van der Waals surface area contributed by atoms with Gasteiger partial charge in [0.25, 0.3) is 0 Å². The van der Waals surface area contributed by atoms with E-state index in [0.29, 0.717) is 0 Å². The summed E-state index contributed by atoms with van der Waals surface area (Å²) < 4.78 is 4.72. The van der Waals surface area contributed by atoms with Crippen LogP contribution in [0.5, 0.6) is 0 Å². The van der Waals surface area contributed by atoms with E-state index in [1.54, 1.807) is 8.87 Å². The first-order valence-corrected chi connectivity index (χ1v) is 17.7. The van der Waals surface area contributed by atoms with Crippen LogP contribution in [0.4, 0.5) is 0 Å². The van der Waals surface area contributed by atoms with E-state index < -0.39 is 23.5 Å². The van der Waals surface area contributed by atoms with Gasteiger partial charge in [-0.25, -0.2) is 0 Å². The zero-order chi connectivity index (χ0) is 23.3. The summed E-state index contributed by atoms with van der Waals surface area (Å²) in [7, 11) is 0. The van der Waals surface area contributed by atoms with Crippen molar-refractivity contribution in [3.63, 3.8) is 0 Å². The quantitative estimate of drug-likeness (QED) is 0.0896. The maximum Gasteiger partial charge on any atom is 0.306 e. The SMILES string of the molecule is C=CCCCC.CCC[CH2][SnH].CCC[CH2][Sn][CH2]CCC.O=C(O)CC(O)C(O)=S. The van der Waals surface area contributed by atoms with Crippen molar-refractivity contribution < 1.29 is 20.1 Å². The molecule has 0 aromatic heterocycles. The molecule has 0 spiro atoms. The fourth-order valence-electron chi connectivity index (χ4n) is 1.53. The molecule has 4 nitrogen and oxygen atoms in total. The number of hydrogen-bond acceptors (Lipinski definition) is 3. The number of unbranched alkanes of at least 4 members (excludes halogenated alkanes) is 5. The summed E-state index contributed by atoms with van der Waals surface area (Å²) in [5, 5.41) is 24.1. The first-order valence-electron chi connectivity index (χ1n) is 10.9. The van der Waals surface area contributed by atoms with E-state index in [4.69, 9.17) is 15.3 Å². The minimum Gasteiger partial charge on any atom is -0.500 e. The average Bonchev–Trinajstić information content (AvgIpc) is 2.68. The van der Waals surface area contributed by atoms with Crippen molar-refractivity contribution in [2.75, 3.05) is 0 Å². The van der Waals surface area contributed by atoms with Crippen molar-refractivity contribution >= 4 is 66.9 Å². The van der Waals surface area contributed by atoms with Crippen LogP contribution in [0.1, 0.15) is 91.9 Å². The van der Waals surface area contributed by atoms with Crippen LogP contribution in [-0.2, 0) is 4.79 Å². The van der Waals surface area contributed by atoms with Crippen LogP contribution in [0.15, 0.2) is 12.7 Å². The molecule has 3 N–H and O–H groups in total. The van der Waals surface area contributed by atoms with Crippen molar-refractivity contribution in [1.29, 1.82) is 0 Å². The molecular weight excluding hydrogens is 598 g/mol. The number of thiocarbonyl (C=S) groups is 1. The molecule has 0 fully saturated rings. The summed E-state index contributed by atoms with van der Waals surface area (Å²) >= 11 is 5.68. The Kier molecular flexibility index (Phi) is 46.0. The van der Waals surface area contributed by atoms with Gasteiger partial charge in [-0.3, -0.25) is 4.79 Å². The molecule has 1 unspecified atom stereocenters. The van der Waals surface area contributed by atoms with Gasteiger partial charge in [0.2, 0.25) is 0 Å². The van der Waals surface area contributed by atoms with E-state index in [1.807, 2.05) is 6.08 Å². The van der Waals surface area contributed by atoms with Crippen LogP contribution < -0.4 is 0 Å². The minimum atomic E-state index is -1.42. The molecule has 1 atom stereocenters. The maximum atomic E-state index is 9.78. The van der Waals surface area contributed by atoms with E-state index in [0.717, 1.165) is 0 Å². The molecular formula is C22H46O4SSn2. The molecule has 0 saturated carbocycles. The first-order chi connectivity index (χ1) is 13.8. The van der Waals surface area contributed by atoms with Crippen LogP contribution >= 0.6 is 12.2 Å². The Morgan fingerprint density at radius 1 is 1.00 bits per heavy atom. The molecule has 0 saturated heterocycles. The van der Waals surface area contributed by atoms with Crippen LogP contribution in [-0.4, -0.2) is 76.1 Å². The second-order valence-corrected chi connectivity index (χ2v) is 12.8.